The number of hydrogen-bond acceptors (Lipinski definition) is 7. The van der Waals surface area contributed by atoms with Crippen LogP contribution in [-0.2, 0) is 11.8 Å². The van der Waals surface area contributed by atoms with Crippen LogP contribution < -0.4 is 0 Å². The second kappa shape index (κ2) is 6.08. The summed E-state index contributed by atoms with van der Waals surface area (Å²) in [5.41, 5.74) is 4.48. The molecule has 3 heterocycles. The van der Waals surface area contributed by atoms with E-state index in [1.165, 1.54) is 0 Å². The molecule has 0 unspecified atom stereocenters. The van der Waals surface area contributed by atoms with Crippen LogP contribution in [0, 0.1) is 5.92 Å². The van der Waals surface area contributed by atoms with Crippen molar-refractivity contribution in [3.63, 3.8) is 0 Å². The lowest BCUT2D eigenvalue weighted by Crippen LogP contribution is -2.32. The van der Waals surface area contributed by atoms with Gasteiger partial charge in [0.2, 0.25) is 0 Å². The molecule has 0 bridgehead atoms. The van der Waals surface area contributed by atoms with Crippen molar-refractivity contribution in [2.24, 2.45) is 11.1 Å². The molecular weight excluding hydrogens is 342 g/mol. The number of allylic oxidation sites excluding steroid dienone is 1. The molecule has 0 atom stereocenters. The molecule has 0 spiro atoms. The summed E-state index contributed by atoms with van der Waals surface area (Å²) in [6, 6.07) is 3.80. The average Bonchev–Trinajstić information content (AvgIpc) is 3.49. The fourth-order valence-electron chi connectivity index (χ4n) is 3.73. The first-order valence-corrected chi connectivity index (χ1v) is 8.83. The Balaban J connectivity index is 1.63. The third-order valence-electron chi connectivity index (χ3n) is 5.27. The largest absolute Gasteiger partial charge is 0.411 e. The highest BCUT2D eigenvalue weighted by Gasteiger charge is 2.40. The number of fused-ring (bicyclic) bond motifs is 1. The highest BCUT2D eigenvalue weighted by atomic mass is 16.4. The maximum absolute atomic E-state index is 9.44. The number of rotatable bonds is 4. The number of nitrogens with zero attached hydrogens (tertiary/aromatic N) is 6. The van der Waals surface area contributed by atoms with Crippen LogP contribution in [0.25, 0.3) is 6.08 Å². The van der Waals surface area contributed by atoms with Crippen molar-refractivity contribution in [1.29, 1.82) is 0 Å². The summed E-state index contributed by atoms with van der Waals surface area (Å²) < 4.78 is 0. The van der Waals surface area contributed by atoms with E-state index < -0.39 is 5.41 Å². The Morgan fingerprint density at radius 3 is 2.37 bits per heavy atom. The fourth-order valence-corrected chi connectivity index (χ4v) is 3.73. The normalized spacial score (nSPS) is 18.3. The number of hydrogen-bond donors (Lipinski definition) is 2. The van der Waals surface area contributed by atoms with Gasteiger partial charge in [0.1, 0.15) is 24.1 Å². The molecular formula is C19H17N7O. The summed E-state index contributed by atoms with van der Waals surface area (Å²) in [7, 11) is 0. The summed E-state index contributed by atoms with van der Waals surface area (Å²) in [5.74, 6) is 0.297. The van der Waals surface area contributed by atoms with Crippen LogP contribution in [0.5, 0.6) is 0 Å². The van der Waals surface area contributed by atoms with Crippen molar-refractivity contribution >= 4 is 11.8 Å². The Bertz CT molecular complexity index is 983. The minimum Gasteiger partial charge on any atom is -0.411 e. The molecule has 0 aromatic carbocycles. The number of aromatic amines is 1. The Kier molecular flexibility index (Phi) is 3.56. The van der Waals surface area contributed by atoms with E-state index in [0.29, 0.717) is 18.1 Å². The summed E-state index contributed by atoms with van der Waals surface area (Å²) in [4.78, 5) is 17.1. The summed E-state index contributed by atoms with van der Waals surface area (Å²) >= 11 is 0. The molecule has 5 rings (SSSR count). The Hall–Kier alpha value is -3.42. The summed E-state index contributed by atoms with van der Waals surface area (Å²) in [6.07, 6.45) is 13.4. The number of H-pyrrole nitrogens is 1. The van der Waals surface area contributed by atoms with Gasteiger partial charge in [0, 0.05) is 36.0 Å². The number of nitrogens with one attached hydrogen (secondary N) is 1. The lowest BCUT2D eigenvalue weighted by molar-refractivity contribution is 0.317. The van der Waals surface area contributed by atoms with E-state index in [9.17, 15) is 5.21 Å². The highest BCUT2D eigenvalue weighted by molar-refractivity contribution is 6.04. The quantitative estimate of drug-likeness (QED) is 0.419. The molecule has 0 amide bonds. The Morgan fingerprint density at radius 2 is 1.81 bits per heavy atom. The lowest BCUT2D eigenvalue weighted by atomic mass is 9.72. The third-order valence-corrected chi connectivity index (χ3v) is 5.27. The van der Waals surface area contributed by atoms with E-state index >= 15 is 0 Å². The molecule has 8 nitrogen and oxygen atoms in total. The fraction of sp³-hybridized carbons (Fsp3) is 0.263. The van der Waals surface area contributed by atoms with Crippen molar-refractivity contribution in [1.82, 2.24) is 30.1 Å². The van der Waals surface area contributed by atoms with Crippen LogP contribution in [0.1, 0.15) is 41.2 Å². The molecule has 2 aliphatic carbocycles. The highest BCUT2D eigenvalue weighted by Crippen LogP contribution is 2.41. The zero-order chi connectivity index (χ0) is 18.3. The van der Waals surface area contributed by atoms with E-state index in [1.807, 2.05) is 18.2 Å². The van der Waals surface area contributed by atoms with E-state index in [2.05, 4.69) is 41.4 Å². The van der Waals surface area contributed by atoms with Crippen LogP contribution in [0.3, 0.4) is 0 Å². The molecule has 3 aromatic heterocycles. The number of aromatic nitrogens is 6. The van der Waals surface area contributed by atoms with Gasteiger partial charge in [-0.25, -0.2) is 19.9 Å². The smallest absolute Gasteiger partial charge is 0.117 e. The molecule has 3 aromatic rings. The second-order valence-corrected chi connectivity index (χ2v) is 6.89. The molecule has 2 N–H and O–H groups in total. The van der Waals surface area contributed by atoms with Gasteiger partial charge in [0.25, 0.3) is 0 Å². The van der Waals surface area contributed by atoms with E-state index in [-0.39, 0.29) is 0 Å². The Morgan fingerprint density at radius 1 is 1.11 bits per heavy atom. The predicted molar refractivity (Wildman–Crippen MR) is 97.2 cm³/mol. The first-order valence-electron chi connectivity index (χ1n) is 8.83. The standard InChI is InChI=1S/C19H17N7O/c27-26-17(12-1-2-12)18-13-3-6-19(9-14(13)24-25-18,15-4-7-20-10-22-15)16-5-8-21-11-23-16/h3-8,10-12,27H,1-2,9H2,(H,24,25)/b26-17+. The first kappa shape index (κ1) is 15.8. The van der Waals surface area contributed by atoms with Gasteiger partial charge in [-0.15, -0.1) is 0 Å². The van der Waals surface area contributed by atoms with Gasteiger partial charge < -0.3 is 5.21 Å². The van der Waals surface area contributed by atoms with Crippen molar-refractivity contribution in [3.8, 4) is 0 Å². The first-order chi connectivity index (χ1) is 13.3. The van der Waals surface area contributed by atoms with Crippen LogP contribution in [0.4, 0.5) is 0 Å². The molecule has 134 valence electrons. The molecule has 0 saturated heterocycles. The molecule has 1 saturated carbocycles. The van der Waals surface area contributed by atoms with Crippen molar-refractivity contribution < 1.29 is 5.21 Å². The van der Waals surface area contributed by atoms with Gasteiger partial charge in [0.15, 0.2) is 0 Å². The average molecular weight is 359 g/mol. The van der Waals surface area contributed by atoms with Crippen LogP contribution >= 0.6 is 0 Å². The SMILES string of the molecule is O/N=C(/c1n[nH]c2c1C=CC(c1ccncn1)(c1ccncn1)C2)C1CC1. The molecule has 1 fully saturated rings. The van der Waals surface area contributed by atoms with Crippen LogP contribution in [0.15, 0.2) is 48.4 Å². The lowest BCUT2D eigenvalue weighted by Gasteiger charge is -2.31. The van der Waals surface area contributed by atoms with Gasteiger partial charge in [-0.1, -0.05) is 17.3 Å². The van der Waals surface area contributed by atoms with Crippen molar-refractivity contribution in [3.05, 3.63) is 71.6 Å². The topological polar surface area (TPSA) is 113 Å². The van der Waals surface area contributed by atoms with E-state index in [4.69, 9.17) is 0 Å². The van der Waals surface area contributed by atoms with Crippen LogP contribution in [-0.4, -0.2) is 41.1 Å². The summed E-state index contributed by atoms with van der Waals surface area (Å²) in [6.45, 7) is 0. The molecule has 0 radical (unpaired) electrons. The van der Waals surface area contributed by atoms with Gasteiger partial charge >= 0.3 is 0 Å². The molecule has 0 aliphatic heterocycles. The van der Waals surface area contributed by atoms with Crippen molar-refractivity contribution in [2.75, 3.05) is 0 Å². The summed E-state index contributed by atoms with van der Waals surface area (Å²) in [5, 5.41) is 20.5. The van der Waals surface area contributed by atoms with Crippen molar-refractivity contribution in [2.45, 2.75) is 24.7 Å². The van der Waals surface area contributed by atoms with Gasteiger partial charge in [-0.05, 0) is 25.0 Å². The van der Waals surface area contributed by atoms with Gasteiger partial charge in [-0.2, -0.15) is 5.10 Å². The predicted octanol–water partition coefficient (Wildman–Crippen LogP) is 2.13. The Labute approximate surface area is 155 Å². The van der Waals surface area contributed by atoms with Gasteiger partial charge in [0.05, 0.1) is 16.8 Å². The maximum atomic E-state index is 9.44. The molecule has 27 heavy (non-hydrogen) atoms. The maximum Gasteiger partial charge on any atom is 0.117 e. The minimum atomic E-state index is -0.543. The van der Waals surface area contributed by atoms with Gasteiger partial charge in [-0.3, -0.25) is 5.10 Å². The zero-order valence-corrected chi connectivity index (χ0v) is 14.4. The monoisotopic (exact) mass is 359 g/mol. The zero-order valence-electron chi connectivity index (χ0n) is 14.4. The number of oxime groups is 1. The third kappa shape index (κ3) is 2.52. The molecule has 8 heteroatoms. The minimum absolute atomic E-state index is 0.297. The molecule has 2 aliphatic rings. The van der Waals surface area contributed by atoms with E-state index in [1.54, 1.807) is 25.0 Å². The van der Waals surface area contributed by atoms with E-state index in [0.717, 1.165) is 41.2 Å². The van der Waals surface area contributed by atoms with Crippen LogP contribution in [0.2, 0.25) is 0 Å². The second-order valence-electron chi connectivity index (χ2n) is 6.89.